The van der Waals surface area contributed by atoms with Crippen LogP contribution in [0.5, 0.6) is 0 Å². The van der Waals surface area contributed by atoms with E-state index in [1.54, 1.807) is 0 Å². The Morgan fingerprint density at radius 3 is 2.53 bits per heavy atom. The van der Waals surface area contributed by atoms with E-state index in [2.05, 4.69) is 37.9 Å². The molecule has 0 saturated carbocycles. The van der Waals surface area contributed by atoms with Crippen LogP contribution in [0.2, 0.25) is 0 Å². The zero-order valence-corrected chi connectivity index (χ0v) is 9.91. The summed E-state index contributed by atoms with van der Waals surface area (Å²) >= 11 is 0. The fraction of sp³-hybridized carbons (Fsp3) is 0.462. The third-order valence-corrected chi connectivity index (χ3v) is 2.41. The van der Waals surface area contributed by atoms with Gasteiger partial charge in [-0.3, -0.25) is 0 Å². The first-order valence-electron chi connectivity index (χ1n) is 5.26. The number of nitrogens with zero attached hydrogens (tertiary/aromatic N) is 2. The van der Waals surface area contributed by atoms with Crippen LogP contribution in [0.25, 0.3) is 0 Å². The third kappa shape index (κ3) is 2.99. The molecule has 0 aromatic heterocycles. The molecule has 0 fully saturated rings. The molecule has 0 aliphatic heterocycles. The molecule has 80 valence electrons. The minimum Gasteiger partial charge on any atom is -0.374 e. The normalized spacial score (nSPS) is 10.1. The largest absolute Gasteiger partial charge is 0.374 e. The molecule has 0 unspecified atom stereocenters. The van der Waals surface area contributed by atoms with E-state index < -0.39 is 0 Å². The van der Waals surface area contributed by atoms with E-state index >= 15 is 0 Å². The summed E-state index contributed by atoms with van der Waals surface area (Å²) in [4.78, 5) is 2.22. The van der Waals surface area contributed by atoms with Crippen LogP contribution in [0, 0.1) is 24.2 Å². The maximum absolute atomic E-state index is 8.83. The van der Waals surface area contributed by atoms with Crippen LogP contribution in [0.1, 0.15) is 25.0 Å². The van der Waals surface area contributed by atoms with Crippen LogP contribution >= 0.6 is 0 Å². The molecule has 1 rings (SSSR count). The summed E-state index contributed by atoms with van der Waals surface area (Å²) < 4.78 is 0. The first-order valence-corrected chi connectivity index (χ1v) is 5.26. The fourth-order valence-corrected chi connectivity index (χ4v) is 1.66. The predicted molar refractivity (Wildman–Crippen MR) is 64.0 cm³/mol. The van der Waals surface area contributed by atoms with Crippen molar-refractivity contribution >= 4 is 5.69 Å². The third-order valence-electron chi connectivity index (χ3n) is 2.41. The highest BCUT2D eigenvalue weighted by Crippen LogP contribution is 2.18. The van der Waals surface area contributed by atoms with Crippen LogP contribution in [0.3, 0.4) is 0 Å². The summed E-state index contributed by atoms with van der Waals surface area (Å²) in [6.07, 6.45) is 0. The predicted octanol–water partition coefficient (Wildman–Crippen LogP) is 2.96. The van der Waals surface area contributed by atoms with Gasteiger partial charge in [-0.05, 0) is 36.6 Å². The highest BCUT2D eigenvalue weighted by Gasteiger charge is 2.05. The number of hydrogen-bond donors (Lipinski definition) is 0. The van der Waals surface area contributed by atoms with E-state index in [0.717, 1.165) is 17.7 Å². The average Bonchev–Trinajstić information content (AvgIpc) is 2.16. The van der Waals surface area contributed by atoms with Gasteiger partial charge in [0.05, 0.1) is 11.6 Å². The van der Waals surface area contributed by atoms with Crippen LogP contribution in [-0.2, 0) is 0 Å². The Morgan fingerprint density at radius 2 is 2.07 bits per heavy atom. The van der Waals surface area contributed by atoms with Crippen molar-refractivity contribution in [2.45, 2.75) is 20.8 Å². The zero-order valence-electron chi connectivity index (χ0n) is 9.91. The number of aryl methyl sites for hydroxylation is 1. The smallest absolute Gasteiger partial charge is 0.0994 e. The molecule has 2 heteroatoms. The van der Waals surface area contributed by atoms with Gasteiger partial charge in [-0.15, -0.1) is 0 Å². The second kappa shape index (κ2) is 4.84. The number of hydrogen-bond acceptors (Lipinski definition) is 2. The van der Waals surface area contributed by atoms with Crippen molar-refractivity contribution in [3.05, 3.63) is 29.3 Å². The Labute approximate surface area is 92.1 Å². The molecular weight excluding hydrogens is 184 g/mol. The molecule has 0 saturated heterocycles. The molecule has 2 nitrogen and oxygen atoms in total. The summed E-state index contributed by atoms with van der Waals surface area (Å²) in [5.41, 5.74) is 2.99. The lowest BCUT2D eigenvalue weighted by molar-refractivity contribution is 0.638. The minimum absolute atomic E-state index is 0.644. The first-order chi connectivity index (χ1) is 7.04. The van der Waals surface area contributed by atoms with E-state index in [9.17, 15) is 0 Å². The van der Waals surface area contributed by atoms with Crippen molar-refractivity contribution in [3.8, 4) is 6.07 Å². The Bertz CT molecular complexity index is 375. The molecule has 0 spiro atoms. The standard InChI is InChI=1S/C13H18N2/c1-10(2)9-15(4)13-6-5-12(8-14)11(3)7-13/h5-7,10H,9H2,1-4H3. The molecular formula is C13H18N2. The summed E-state index contributed by atoms with van der Waals surface area (Å²) in [7, 11) is 2.08. The number of anilines is 1. The molecule has 0 N–H and O–H groups in total. The minimum atomic E-state index is 0.644. The van der Waals surface area contributed by atoms with Crippen LogP contribution in [0.15, 0.2) is 18.2 Å². The topological polar surface area (TPSA) is 27.0 Å². The van der Waals surface area contributed by atoms with Crippen LogP contribution in [0.4, 0.5) is 5.69 Å². The van der Waals surface area contributed by atoms with Crippen molar-refractivity contribution in [2.75, 3.05) is 18.5 Å². The van der Waals surface area contributed by atoms with Crippen molar-refractivity contribution in [1.82, 2.24) is 0 Å². The van der Waals surface area contributed by atoms with Gasteiger partial charge in [0.15, 0.2) is 0 Å². The molecule has 0 aliphatic rings. The van der Waals surface area contributed by atoms with Gasteiger partial charge in [0.25, 0.3) is 0 Å². The van der Waals surface area contributed by atoms with Gasteiger partial charge in [-0.1, -0.05) is 13.8 Å². The second-order valence-corrected chi connectivity index (χ2v) is 4.39. The molecule has 0 bridgehead atoms. The van der Waals surface area contributed by atoms with Gasteiger partial charge in [0.1, 0.15) is 0 Å². The summed E-state index contributed by atoms with van der Waals surface area (Å²) in [6, 6.07) is 8.15. The van der Waals surface area contributed by atoms with Gasteiger partial charge in [-0.25, -0.2) is 0 Å². The SMILES string of the molecule is Cc1cc(N(C)CC(C)C)ccc1C#N. The van der Waals surface area contributed by atoms with E-state index in [0.29, 0.717) is 5.92 Å². The second-order valence-electron chi connectivity index (χ2n) is 4.39. The Hall–Kier alpha value is -1.49. The van der Waals surface area contributed by atoms with E-state index in [1.807, 2.05) is 19.1 Å². The fourth-order valence-electron chi connectivity index (χ4n) is 1.66. The Morgan fingerprint density at radius 1 is 1.40 bits per heavy atom. The molecule has 0 radical (unpaired) electrons. The van der Waals surface area contributed by atoms with Gasteiger partial charge >= 0.3 is 0 Å². The molecule has 15 heavy (non-hydrogen) atoms. The van der Waals surface area contributed by atoms with E-state index in [1.165, 1.54) is 5.69 Å². The lowest BCUT2D eigenvalue weighted by atomic mass is 10.1. The number of nitriles is 1. The molecule has 0 aliphatic carbocycles. The van der Waals surface area contributed by atoms with E-state index in [-0.39, 0.29) is 0 Å². The quantitative estimate of drug-likeness (QED) is 0.753. The van der Waals surface area contributed by atoms with Crippen molar-refractivity contribution in [2.24, 2.45) is 5.92 Å². The van der Waals surface area contributed by atoms with Crippen molar-refractivity contribution in [3.63, 3.8) is 0 Å². The Kier molecular flexibility index (Phi) is 3.74. The van der Waals surface area contributed by atoms with Gasteiger partial charge in [0, 0.05) is 19.3 Å². The van der Waals surface area contributed by atoms with Gasteiger partial charge in [0.2, 0.25) is 0 Å². The maximum Gasteiger partial charge on any atom is 0.0994 e. The average molecular weight is 202 g/mol. The zero-order chi connectivity index (χ0) is 11.4. The lowest BCUT2D eigenvalue weighted by Gasteiger charge is -2.22. The van der Waals surface area contributed by atoms with Crippen LogP contribution < -0.4 is 4.90 Å². The van der Waals surface area contributed by atoms with Crippen molar-refractivity contribution < 1.29 is 0 Å². The molecule has 1 aromatic carbocycles. The molecule has 0 atom stereocenters. The molecule has 0 heterocycles. The van der Waals surface area contributed by atoms with Crippen LogP contribution in [-0.4, -0.2) is 13.6 Å². The molecule has 0 amide bonds. The van der Waals surface area contributed by atoms with Crippen molar-refractivity contribution in [1.29, 1.82) is 5.26 Å². The highest BCUT2D eigenvalue weighted by atomic mass is 15.1. The van der Waals surface area contributed by atoms with Gasteiger partial charge in [-0.2, -0.15) is 5.26 Å². The van der Waals surface area contributed by atoms with Gasteiger partial charge < -0.3 is 4.90 Å². The summed E-state index contributed by atoms with van der Waals surface area (Å²) in [5.74, 6) is 0.644. The first kappa shape index (κ1) is 11.6. The monoisotopic (exact) mass is 202 g/mol. The Balaban J connectivity index is 2.88. The summed E-state index contributed by atoms with van der Waals surface area (Å²) in [6.45, 7) is 7.41. The van der Waals surface area contributed by atoms with E-state index in [4.69, 9.17) is 5.26 Å². The number of rotatable bonds is 3. The highest BCUT2D eigenvalue weighted by molar-refractivity contribution is 5.53. The summed E-state index contributed by atoms with van der Waals surface area (Å²) in [5, 5.41) is 8.83. The lowest BCUT2D eigenvalue weighted by Crippen LogP contribution is -2.22. The molecule has 1 aromatic rings. The maximum atomic E-state index is 8.83. The number of benzene rings is 1.